The number of carbonyl (C=O) groups excluding carboxylic acids is 1. The van der Waals surface area contributed by atoms with Gasteiger partial charge in [0.1, 0.15) is 11.4 Å². The van der Waals surface area contributed by atoms with Gasteiger partial charge in [0, 0.05) is 30.4 Å². The number of pyridine rings is 1. The molecule has 0 aliphatic carbocycles. The van der Waals surface area contributed by atoms with E-state index in [0.29, 0.717) is 37.7 Å². The first-order chi connectivity index (χ1) is 12.2. The number of hydrogen-bond acceptors (Lipinski definition) is 5. The summed E-state index contributed by atoms with van der Waals surface area (Å²) in [6.45, 7) is 2.32. The number of phenols is 1. The molecule has 0 bridgehead atoms. The van der Waals surface area contributed by atoms with Crippen LogP contribution in [0.3, 0.4) is 0 Å². The average molecular weight is 340 g/mol. The fourth-order valence-corrected chi connectivity index (χ4v) is 3.55. The van der Waals surface area contributed by atoms with E-state index in [1.165, 1.54) is 6.07 Å². The molecule has 1 spiro atoms. The Balaban J connectivity index is 1.38. The second kappa shape index (κ2) is 6.37. The van der Waals surface area contributed by atoms with Gasteiger partial charge >= 0.3 is 0 Å². The van der Waals surface area contributed by atoms with Crippen molar-refractivity contribution in [3.63, 3.8) is 0 Å². The van der Waals surface area contributed by atoms with Crippen LogP contribution in [-0.4, -0.2) is 52.8 Å². The van der Waals surface area contributed by atoms with Crippen LogP contribution in [0.4, 0.5) is 0 Å². The van der Waals surface area contributed by atoms with E-state index in [9.17, 15) is 9.90 Å². The van der Waals surface area contributed by atoms with Crippen molar-refractivity contribution in [3.8, 4) is 11.6 Å². The number of amides is 1. The smallest absolute Gasteiger partial charge is 0.254 e. The monoisotopic (exact) mass is 340 g/mol. The van der Waals surface area contributed by atoms with Crippen molar-refractivity contribution in [1.29, 1.82) is 0 Å². The standard InChI is InChI=1S/C19H20N2O4/c22-16-5-3-4-14(10-16)18(23)21-12-19(13-21)15(7-9-25-19)11-24-17-6-1-2-8-20-17/h1-6,8,10,15,22H,7,9,11-13H2/t15-/m1/s1. The molecule has 1 aromatic carbocycles. The van der Waals surface area contributed by atoms with E-state index in [0.717, 1.165) is 6.42 Å². The van der Waals surface area contributed by atoms with Crippen LogP contribution in [0.25, 0.3) is 0 Å². The Kier molecular flexibility index (Phi) is 4.05. The summed E-state index contributed by atoms with van der Waals surface area (Å²) in [4.78, 5) is 18.5. The molecule has 2 aliphatic heterocycles. The fraction of sp³-hybridized carbons (Fsp3) is 0.368. The van der Waals surface area contributed by atoms with Gasteiger partial charge in [0.05, 0.1) is 19.7 Å². The summed E-state index contributed by atoms with van der Waals surface area (Å²) in [5.41, 5.74) is 0.176. The molecule has 0 saturated carbocycles. The molecule has 1 amide bonds. The van der Waals surface area contributed by atoms with Crippen molar-refractivity contribution >= 4 is 5.91 Å². The van der Waals surface area contributed by atoms with Crippen molar-refractivity contribution < 1.29 is 19.4 Å². The lowest BCUT2D eigenvalue weighted by atomic mass is 9.81. The lowest BCUT2D eigenvalue weighted by molar-refractivity contribution is -0.122. The zero-order valence-corrected chi connectivity index (χ0v) is 13.8. The number of hydrogen-bond donors (Lipinski definition) is 1. The predicted molar refractivity (Wildman–Crippen MR) is 90.5 cm³/mol. The van der Waals surface area contributed by atoms with E-state index < -0.39 is 0 Å². The Morgan fingerprint density at radius 3 is 2.96 bits per heavy atom. The van der Waals surface area contributed by atoms with Crippen molar-refractivity contribution in [3.05, 3.63) is 54.2 Å². The minimum absolute atomic E-state index is 0.0820. The first kappa shape index (κ1) is 15.9. The number of ether oxygens (including phenoxy) is 2. The Bertz CT molecular complexity index is 759. The molecule has 1 atom stereocenters. The Morgan fingerprint density at radius 1 is 1.32 bits per heavy atom. The predicted octanol–water partition coefficient (Wildman–Crippen LogP) is 2.10. The Morgan fingerprint density at radius 2 is 2.20 bits per heavy atom. The highest BCUT2D eigenvalue weighted by molar-refractivity contribution is 5.95. The molecule has 2 saturated heterocycles. The fourth-order valence-electron chi connectivity index (χ4n) is 3.55. The minimum atomic E-state index is -0.318. The second-order valence-corrected chi connectivity index (χ2v) is 6.59. The van der Waals surface area contributed by atoms with Gasteiger partial charge in [0.15, 0.2) is 0 Å². The molecule has 6 nitrogen and oxygen atoms in total. The molecule has 25 heavy (non-hydrogen) atoms. The van der Waals surface area contributed by atoms with E-state index in [1.807, 2.05) is 18.2 Å². The van der Waals surface area contributed by atoms with E-state index in [-0.39, 0.29) is 23.2 Å². The molecule has 1 aromatic heterocycles. The molecule has 2 aliphatic rings. The maximum absolute atomic E-state index is 12.5. The summed E-state index contributed by atoms with van der Waals surface area (Å²) in [5.74, 6) is 0.862. The van der Waals surface area contributed by atoms with E-state index in [2.05, 4.69) is 4.98 Å². The normalized spacial score (nSPS) is 21.1. The molecular weight excluding hydrogens is 320 g/mol. The van der Waals surface area contributed by atoms with Crippen LogP contribution in [0.2, 0.25) is 0 Å². The molecule has 130 valence electrons. The zero-order valence-electron chi connectivity index (χ0n) is 13.8. The Hall–Kier alpha value is -2.60. The average Bonchev–Trinajstić information content (AvgIpc) is 3.03. The van der Waals surface area contributed by atoms with E-state index in [1.54, 1.807) is 29.3 Å². The molecule has 0 unspecified atom stereocenters. The van der Waals surface area contributed by atoms with Crippen LogP contribution in [0.5, 0.6) is 11.6 Å². The zero-order chi connectivity index (χ0) is 17.3. The Labute approximate surface area is 146 Å². The SMILES string of the molecule is O=C(c1cccc(O)c1)N1CC2(C1)OCC[C@@H]2COc1ccccn1. The second-order valence-electron chi connectivity index (χ2n) is 6.59. The van der Waals surface area contributed by atoms with Crippen molar-refractivity contribution in [2.24, 2.45) is 5.92 Å². The van der Waals surface area contributed by atoms with Gasteiger partial charge < -0.3 is 19.5 Å². The number of carbonyl (C=O) groups is 1. The van der Waals surface area contributed by atoms with Gasteiger partial charge in [-0.25, -0.2) is 4.98 Å². The third-order valence-electron chi connectivity index (χ3n) is 4.97. The summed E-state index contributed by atoms with van der Waals surface area (Å²) in [5, 5.41) is 9.54. The number of aromatic nitrogens is 1. The number of likely N-dealkylation sites (tertiary alicyclic amines) is 1. The lowest BCUT2D eigenvalue weighted by Gasteiger charge is -2.50. The molecular formula is C19H20N2O4. The molecule has 4 rings (SSSR count). The third kappa shape index (κ3) is 3.05. The highest BCUT2D eigenvalue weighted by atomic mass is 16.5. The van der Waals surface area contributed by atoms with Gasteiger partial charge in [0.2, 0.25) is 5.88 Å². The topological polar surface area (TPSA) is 71.9 Å². The van der Waals surface area contributed by atoms with Crippen molar-refractivity contribution in [2.45, 2.75) is 12.0 Å². The van der Waals surface area contributed by atoms with Gasteiger partial charge in [0.25, 0.3) is 5.91 Å². The number of nitrogens with zero attached hydrogens (tertiary/aromatic N) is 2. The lowest BCUT2D eigenvalue weighted by Crippen LogP contribution is -2.66. The number of phenolic OH excluding ortho intramolecular Hbond substituents is 1. The van der Waals surface area contributed by atoms with E-state index >= 15 is 0 Å². The number of benzene rings is 1. The van der Waals surface area contributed by atoms with E-state index in [4.69, 9.17) is 9.47 Å². The minimum Gasteiger partial charge on any atom is -0.508 e. The molecule has 6 heteroatoms. The summed E-state index contributed by atoms with van der Waals surface area (Å²) in [6.07, 6.45) is 2.62. The maximum atomic E-state index is 12.5. The quantitative estimate of drug-likeness (QED) is 0.923. The highest BCUT2D eigenvalue weighted by Crippen LogP contribution is 2.40. The first-order valence-electron chi connectivity index (χ1n) is 8.42. The first-order valence-corrected chi connectivity index (χ1v) is 8.42. The number of aromatic hydroxyl groups is 1. The summed E-state index contributed by atoms with van der Waals surface area (Å²) in [7, 11) is 0. The van der Waals surface area contributed by atoms with Crippen LogP contribution >= 0.6 is 0 Å². The van der Waals surface area contributed by atoms with Crippen LogP contribution in [0.1, 0.15) is 16.8 Å². The summed E-state index contributed by atoms with van der Waals surface area (Å²) in [6, 6.07) is 12.0. The van der Waals surface area contributed by atoms with Crippen LogP contribution in [0, 0.1) is 5.92 Å². The molecule has 0 radical (unpaired) electrons. The largest absolute Gasteiger partial charge is 0.508 e. The van der Waals surface area contributed by atoms with Gasteiger partial charge in [-0.1, -0.05) is 12.1 Å². The third-order valence-corrected chi connectivity index (χ3v) is 4.97. The molecule has 2 fully saturated rings. The number of rotatable bonds is 4. The van der Waals surface area contributed by atoms with Crippen molar-refractivity contribution in [2.75, 3.05) is 26.3 Å². The van der Waals surface area contributed by atoms with Gasteiger partial charge in [-0.2, -0.15) is 0 Å². The van der Waals surface area contributed by atoms with Crippen molar-refractivity contribution in [1.82, 2.24) is 9.88 Å². The van der Waals surface area contributed by atoms with Gasteiger partial charge in [-0.15, -0.1) is 0 Å². The molecule has 3 heterocycles. The van der Waals surface area contributed by atoms with Gasteiger partial charge in [-0.3, -0.25) is 4.79 Å². The van der Waals surface area contributed by atoms with Gasteiger partial charge in [-0.05, 0) is 30.7 Å². The van der Waals surface area contributed by atoms with Crippen LogP contribution < -0.4 is 4.74 Å². The molecule has 2 aromatic rings. The summed E-state index contributed by atoms with van der Waals surface area (Å²) < 4.78 is 11.8. The summed E-state index contributed by atoms with van der Waals surface area (Å²) >= 11 is 0. The van der Waals surface area contributed by atoms with Crippen LogP contribution in [0.15, 0.2) is 48.7 Å². The highest BCUT2D eigenvalue weighted by Gasteiger charge is 2.54. The van der Waals surface area contributed by atoms with Crippen LogP contribution in [-0.2, 0) is 4.74 Å². The maximum Gasteiger partial charge on any atom is 0.254 e. The molecule has 1 N–H and O–H groups in total.